The number of rotatable bonds is 12. The lowest BCUT2D eigenvalue weighted by molar-refractivity contribution is 0.107. The zero-order valence-electron chi connectivity index (χ0n) is 20.6. The first-order valence-corrected chi connectivity index (χ1v) is 11.7. The van der Waals surface area contributed by atoms with E-state index in [1.807, 2.05) is 58.3 Å². The van der Waals surface area contributed by atoms with E-state index in [0.29, 0.717) is 6.54 Å². The lowest BCUT2D eigenvalue weighted by Crippen LogP contribution is -2.31. The van der Waals surface area contributed by atoms with Gasteiger partial charge in [-0.05, 0) is 66.4 Å². The Bertz CT molecular complexity index is 829. The molecule has 1 unspecified atom stereocenters. The Morgan fingerprint density at radius 1 is 1.19 bits per heavy atom. The van der Waals surface area contributed by atoms with Crippen LogP contribution < -0.4 is 15.4 Å². The van der Waals surface area contributed by atoms with Gasteiger partial charge in [0.2, 0.25) is 0 Å². The molecule has 0 saturated heterocycles. The monoisotopic (exact) mass is 439 g/mol. The molecule has 176 valence electrons. The van der Waals surface area contributed by atoms with Crippen LogP contribution in [0.25, 0.3) is 11.6 Å². The second-order valence-corrected chi connectivity index (χ2v) is 7.25. The molecule has 2 aromatic rings. The summed E-state index contributed by atoms with van der Waals surface area (Å²) in [6.45, 7) is 11.9. The van der Waals surface area contributed by atoms with Gasteiger partial charge in [-0.25, -0.2) is 4.98 Å². The van der Waals surface area contributed by atoms with Crippen LogP contribution >= 0.6 is 0 Å². The van der Waals surface area contributed by atoms with Crippen LogP contribution in [0.5, 0.6) is 5.75 Å². The van der Waals surface area contributed by atoms with Crippen LogP contribution in [-0.4, -0.2) is 42.9 Å². The molecule has 0 radical (unpaired) electrons. The molecule has 1 heterocycles. The van der Waals surface area contributed by atoms with Crippen molar-refractivity contribution >= 4 is 17.5 Å². The number of ether oxygens (including phenoxy) is 1. The van der Waals surface area contributed by atoms with Crippen molar-refractivity contribution in [2.75, 3.05) is 32.1 Å². The van der Waals surface area contributed by atoms with Gasteiger partial charge >= 0.3 is 0 Å². The minimum absolute atomic E-state index is 0.268. The third kappa shape index (κ3) is 9.67. The van der Waals surface area contributed by atoms with Gasteiger partial charge < -0.3 is 20.5 Å². The molecular weight excluding hydrogens is 398 g/mol. The lowest BCUT2D eigenvalue weighted by Gasteiger charge is -2.13. The molecule has 0 saturated carbocycles. The summed E-state index contributed by atoms with van der Waals surface area (Å²) in [6, 6.07) is 10.1. The number of hydrogen-bond acceptors (Lipinski definition) is 5. The summed E-state index contributed by atoms with van der Waals surface area (Å²) in [4.78, 5) is 4.44. The lowest BCUT2D eigenvalue weighted by atomic mass is 10.0. The highest BCUT2D eigenvalue weighted by Gasteiger charge is 2.06. The van der Waals surface area contributed by atoms with Crippen molar-refractivity contribution in [3.63, 3.8) is 0 Å². The van der Waals surface area contributed by atoms with Crippen LogP contribution in [0.15, 0.2) is 48.7 Å². The first-order valence-electron chi connectivity index (χ1n) is 11.7. The molecule has 0 aliphatic heterocycles. The Hall–Kier alpha value is -2.63. The molecule has 0 aliphatic carbocycles. The highest BCUT2D eigenvalue weighted by molar-refractivity contribution is 5.79. The first-order chi connectivity index (χ1) is 15.6. The number of nitrogens with one attached hydrogen (secondary N) is 2. The Balaban J connectivity index is 0.00000249. The van der Waals surface area contributed by atoms with Crippen molar-refractivity contribution in [2.24, 2.45) is 0 Å². The summed E-state index contributed by atoms with van der Waals surface area (Å²) in [6.07, 6.45) is 9.98. The average molecular weight is 440 g/mol. The Kier molecular flexibility index (Phi) is 13.8. The largest absolute Gasteiger partial charge is 0.491 e. The quantitative estimate of drug-likeness (QED) is 0.370. The summed E-state index contributed by atoms with van der Waals surface area (Å²) in [7, 11) is 1.87. The van der Waals surface area contributed by atoms with E-state index in [0.717, 1.165) is 47.7 Å². The van der Waals surface area contributed by atoms with E-state index < -0.39 is 6.10 Å². The number of benzene rings is 1. The SMILES string of the molecule is CC.CCC/C=C(/C=C\c1cc(OCC(O)CNCC)ccc1C)c1ccc(NC)nc1. The standard InChI is InChI=1S/C25H35N3O2.C2H6/c1-5-7-8-20(22-12-14-25(26-4)28-16-22)10-11-21-15-24(13-9-19(21)3)30-18-23(29)17-27-6-2;1-2/h8-16,23,27,29H,5-7,17-18H2,1-4H3,(H,26,28);1-2H3/b11-10-,20-8-;. The minimum atomic E-state index is -0.526. The number of nitrogens with zero attached hydrogens (tertiary/aromatic N) is 1. The van der Waals surface area contributed by atoms with E-state index in [-0.39, 0.29) is 6.61 Å². The predicted octanol–water partition coefficient (Wildman–Crippen LogP) is 5.70. The molecule has 0 spiro atoms. The van der Waals surface area contributed by atoms with Crippen molar-refractivity contribution in [3.8, 4) is 5.75 Å². The van der Waals surface area contributed by atoms with Gasteiger partial charge in [-0.1, -0.05) is 58.4 Å². The number of aromatic nitrogens is 1. The fourth-order valence-electron chi connectivity index (χ4n) is 2.92. The van der Waals surface area contributed by atoms with Gasteiger partial charge in [-0.15, -0.1) is 0 Å². The third-order valence-electron chi connectivity index (χ3n) is 4.77. The third-order valence-corrected chi connectivity index (χ3v) is 4.77. The van der Waals surface area contributed by atoms with Crippen LogP contribution in [-0.2, 0) is 0 Å². The Morgan fingerprint density at radius 2 is 1.97 bits per heavy atom. The smallest absolute Gasteiger partial charge is 0.125 e. The second-order valence-electron chi connectivity index (χ2n) is 7.25. The number of aliphatic hydroxyl groups excluding tert-OH is 1. The van der Waals surface area contributed by atoms with Crippen LogP contribution in [0.4, 0.5) is 5.82 Å². The van der Waals surface area contributed by atoms with Crippen LogP contribution in [0, 0.1) is 6.92 Å². The highest BCUT2D eigenvalue weighted by Crippen LogP contribution is 2.23. The molecular formula is C27H41N3O2. The molecule has 1 aromatic heterocycles. The maximum Gasteiger partial charge on any atom is 0.125 e. The summed E-state index contributed by atoms with van der Waals surface area (Å²) in [5, 5.41) is 16.1. The van der Waals surface area contributed by atoms with Crippen molar-refractivity contribution in [2.45, 2.75) is 53.6 Å². The first kappa shape index (κ1) is 27.4. The summed E-state index contributed by atoms with van der Waals surface area (Å²) in [5.41, 5.74) is 4.51. The number of anilines is 1. The molecule has 32 heavy (non-hydrogen) atoms. The van der Waals surface area contributed by atoms with E-state index in [2.05, 4.69) is 53.8 Å². The van der Waals surface area contributed by atoms with Gasteiger partial charge in [0.15, 0.2) is 0 Å². The van der Waals surface area contributed by atoms with Gasteiger partial charge in [0.1, 0.15) is 24.3 Å². The van der Waals surface area contributed by atoms with Gasteiger partial charge in [0.25, 0.3) is 0 Å². The van der Waals surface area contributed by atoms with E-state index in [4.69, 9.17) is 4.74 Å². The zero-order valence-corrected chi connectivity index (χ0v) is 20.6. The van der Waals surface area contributed by atoms with E-state index in [9.17, 15) is 5.11 Å². The number of aryl methyl sites for hydroxylation is 1. The average Bonchev–Trinajstić information content (AvgIpc) is 2.84. The normalized spacial score (nSPS) is 12.3. The van der Waals surface area contributed by atoms with Gasteiger partial charge in [0.05, 0.1) is 0 Å². The molecule has 2 rings (SSSR count). The minimum Gasteiger partial charge on any atom is -0.491 e. The topological polar surface area (TPSA) is 66.4 Å². The molecule has 0 aliphatic rings. The van der Waals surface area contributed by atoms with Crippen molar-refractivity contribution < 1.29 is 9.84 Å². The number of unbranched alkanes of at least 4 members (excludes halogenated alkanes) is 1. The van der Waals surface area contributed by atoms with Crippen molar-refractivity contribution in [3.05, 3.63) is 65.4 Å². The van der Waals surface area contributed by atoms with Gasteiger partial charge in [0, 0.05) is 19.8 Å². The molecule has 0 bridgehead atoms. The maximum absolute atomic E-state index is 9.97. The number of pyridine rings is 1. The fourth-order valence-corrected chi connectivity index (χ4v) is 2.92. The molecule has 5 heteroatoms. The number of aliphatic hydroxyl groups is 1. The summed E-state index contributed by atoms with van der Waals surface area (Å²) in [5.74, 6) is 1.62. The van der Waals surface area contributed by atoms with E-state index >= 15 is 0 Å². The molecule has 0 fully saturated rings. The predicted molar refractivity (Wildman–Crippen MR) is 138 cm³/mol. The number of hydrogen-bond donors (Lipinski definition) is 3. The number of allylic oxidation sites excluding steroid dienone is 3. The van der Waals surface area contributed by atoms with Gasteiger partial charge in [-0.3, -0.25) is 0 Å². The van der Waals surface area contributed by atoms with Crippen LogP contribution in [0.2, 0.25) is 0 Å². The maximum atomic E-state index is 9.97. The molecule has 0 amide bonds. The van der Waals surface area contributed by atoms with Crippen molar-refractivity contribution in [1.82, 2.24) is 10.3 Å². The van der Waals surface area contributed by atoms with Crippen LogP contribution in [0.3, 0.4) is 0 Å². The van der Waals surface area contributed by atoms with Crippen LogP contribution in [0.1, 0.15) is 57.2 Å². The Labute approximate surface area is 194 Å². The number of likely N-dealkylation sites (N-methyl/N-ethyl adjacent to an activating group) is 1. The Morgan fingerprint density at radius 3 is 2.59 bits per heavy atom. The fraction of sp³-hybridized carbons (Fsp3) is 0.444. The van der Waals surface area contributed by atoms with E-state index in [1.54, 1.807) is 0 Å². The highest BCUT2D eigenvalue weighted by atomic mass is 16.5. The second kappa shape index (κ2) is 16.1. The van der Waals surface area contributed by atoms with Gasteiger partial charge in [-0.2, -0.15) is 0 Å². The molecule has 5 nitrogen and oxygen atoms in total. The summed E-state index contributed by atoms with van der Waals surface area (Å²) >= 11 is 0. The molecule has 1 aromatic carbocycles. The van der Waals surface area contributed by atoms with E-state index in [1.165, 1.54) is 5.56 Å². The van der Waals surface area contributed by atoms with Crippen molar-refractivity contribution in [1.29, 1.82) is 0 Å². The summed E-state index contributed by atoms with van der Waals surface area (Å²) < 4.78 is 5.79. The molecule has 3 N–H and O–H groups in total. The zero-order chi connectivity index (χ0) is 23.8. The molecule has 1 atom stereocenters.